The third kappa shape index (κ3) is 1650. The minimum atomic E-state index is -3.11. The minimum Gasteiger partial charge on any atom is -0.784 e. The summed E-state index contributed by atoms with van der Waals surface area (Å²) in [6, 6.07) is 0. The van der Waals surface area contributed by atoms with E-state index >= 15 is 0 Å². The maximum atomic E-state index is 8.44. The molecular formula is Al2Mg2O15S5. The summed E-state index contributed by atoms with van der Waals surface area (Å²) < 4.78 is 127. The zero-order valence-electron chi connectivity index (χ0n) is 10.7. The smallest absolute Gasteiger partial charge is 0.784 e. The van der Waals surface area contributed by atoms with E-state index in [0.29, 0.717) is 0 Å². The van der Waals surface area contributed by atoms with E-state index < -0.39 is 56.8 Å². The van der Waals surface area contributed by atoms with Crippen LogP contribution in [0.5, 0.6) is 0 Å². The molecule has 0 bridgehead atoms. The monoisotopic (exact) mass is 502 g/mol. The van der Waals surface area contributed by atoms with Crippen molar-refractivity contribution in [3.05, 3.63) is 0 Å². The summed E-state index contributed by atoms with van der Waals surface area (Å²) in [5, 5.41) is 0. The second-order valence-corrected chi connectivity index (χ2v) is 3.06. The number of rotatable bonds is 0. The predicted octanol–water partition coefficient (Wildman–Crippen LogP) is -6.54. The van der Waals surface area contributed by atoms with Gasteiger partial charge in [0.1, 0.15) is 0 Å². The molecule has 15 nitrogen and oxygen atoms in total. The zero-order chi connectivity index (χ0) is 17.9. The Morgan fingerprint density at radius 1 is 0.333 bits per heavy atom. The topological polar surface area (TPSA) is 316 Å². The quantitative estimate of drug-likeness (QED) is 0.219. The second-order valence-electron chi connectivity index (χ2n) is 1.02. The van der Waals surface area contributed by atoms with E-state index in [0.717, 1.165) is 0 Å². The molecule has 0 aromatic heterocycles. The van der Waals surface area contributed by atoms with Gasteiger partial charge in [-0.25, -0.2) is 0 Å². The number of hydrogen-bond acceptors (Lipinski definition) is 15. The van der Waals surface area contributed by atoms with E-state index in [2.05, 4.69) is 0 Å². The average Bonchev–Trinajstić information content (AvgIpc) is 1.94. The van der Waals surface area contributed by atoms with Gasteiger partial charge in [-0.1, -0.05) is 0 Å². The van der Waals surface area contributed by atoms with Gasteiger partial charge in [0, 0.05) is 0 Å². The normalized spacial score (nSPS) is 7.29. The van der Waals surface area contributed by atoms with Gasteiger partial charge in [0.25, 0.3) is 0 Å². The maximum absolute atomic E-state index is 8.44. The van der Waals surface area contributed by atoms with Gasteiger partial charge in [-0.05, 0) is 0 Å². The van der Waals surface area contributed by atoms with Crippen molar-refractivity contribution in [2.75, 3.05) is 0 Å². The van der Waals surface area contributed by atoms with Gasteiger partial charge >= 0.3 is 80.8 Å². The Bertz CT molecular complexity index is 221. The summed E-state index contributed by atoms with van der Waals surface area (Å²) in [7, 11) is 0. The number of hydrogen-bond donors (Lipinski definition) is 0. The van der Waals surface area contributed by atoms with Crippen LogP contribution < -0.4 is 0 Å². The SMILES string of the molecule is O=S([O-])[O-].O=S([O-])[O-].O=S([O-])[O-].O=S([O-])[O-].O=S([O-])[O-].[Al+3].[Al+3].[Mg+2].[Mg+2]. The van der Waals surface area contributed by atoms with Crippen LogP contribution in [0, 0.1) is 0 Å². The van der Waals surface area contributed by atoms with E-state index in [1.54, 1.807) is 0 Å². The molecule has 0 aromatic carbocycles. The van der Waals surface area contributed by atoms with Gasteiger partial charge in [0.15, 0.2) is 0 Å². The van der Waals surface area contributed by atoms with Gasteiger partial charge in [0.05, 0.1) is 0 Å². The Morgan fingerprint density at radius 2 is 0.333 bits per heavy atom. The molecule has 0 aliphatic rings. The van der Waals surface area contributed by atoms with Gasteiger partial charge in [-0.2, -0.15) is 0 Å². The third-order valence-corrected chi connectivity index (χ3v) is 0. The van der Waals surface area contributed by atoms with Gasteiger partial charge in [-0.15, -0.1) is 56.8 Å². The molecule has 0 atom stereocenters. The van der Waals surface area contributed by atoms with Crippen LogP contribution in [-0.4, -0.2) is 147 Å². The molecule has 0 aliphatic heterocycles. The molecule has 0 heterocycles. The van der Waals surface area contributed by atoms with Crippen LogP contribution >= 0.6 is 0 Å². The minimum absolute atomic E-state index is 0. The summed E-state index contributed by atoms with van der Waals surface area (Å²) in [5.41, 5.74) is 0. The molecule has 0 spiro atoms. The second kappa shape index (κ2) is 50.1. The molecule has 0 radical (unpaired) electrons. The first-order valence-electron chi connectivity index (χ1n) is 2.50. The van der Waals surface area contributed by atoms with E-state index in [1.165, 1.54) is 0 Å². The molecule has 0 amide bonds. The van der Waals surface area contributed by atoms with Crippen molar-refractivity contribution in [2.45, 2.75) is 0 Å². The molecule has 130 valence electrons. The molecule has 24 heteroatoms. The van der Waals surface area contributed by atoms with E-state index in [1.807, 2.05) is 0 Å². The zero-order valence-corrected chi connectivity index (χ0v) is 20.0. The van der Waals surface area contributed by atoms with Crippen LogP contribution in [0.3, 0.4) is 0 Å². The van der Waals surface area contributed by atoms with E-state index in [9.17, 15) is 0 Å². The first kappa shape index (κ1) is 56.3. The first-order valence-corrected chi connectivity index (χ1v) is 7.50. The molecule has 0 N–H and O–H groups in total. The molecule has 0 aliphatic carbocycles. The molecule has 0 saturated heterocycles. The van der Waals surface area contributed by atoms with E-state index in [-0.39, 0.29) is 80.8 Å². The standard InChI is InChI=1S/2Al.2Mg.5H2O3S/c;;;;5*1-4(2)3/h;;;;5*(H2,1,2,3)/q2*+3;2*+2;;;;;/p-10. The average molecular weight is 503 g/mol. The fourth-order valence-electron chi connectivity index (χ4n) is 0. The van der Waals surface area contributed by atoms with Crippen molar-refractivity contribution in [1.82, 2.24) is 0 Å². The van der Waals surface area contributed by atoms with Crippen molar-refractivity contribution >= 4 is 138 Å². The maximum Gasteiger partial charge on any atom is 3.00 e. The van der Waals surface area contributed by atoms with Crippen molar-refractivity contribution in [3.63, 3.8) is 0 Å². The van der Waals surface area contributed by atoms with Crippen molar-refractivity contribution in [3.8, 4) is 0 Å². The Balaban J connectivity index is -0.0000000161. The van der Waals surface area contributed by atoms with E-state index in [4.69, 9.17) is 66.6 Å². The Hall–Kier alpha value is 2.95. The van der Waals surface area contributed by atoms with Crippen LogP contribution in [0.25, 0.3) is 0 Å². The molecule has 0 unspecified atom stereocenters. The Labute approximate surface area is 202 Å². The van der Waals surface area contributed by atoms with Crippen molar-refractivity contribution < 1.29 is 66.6 Å². The van der Waals surface area contributed by atoms with Gasteiger partial charge in [-0.3, -0.25) is 21.0 Å². The van der Waals surface area contributed by atoms with Gasteiger partial charge in [0.2, 0.25) is 0 Å². The molecule has 0 fully saturated rings. The molecule has 0 rings (SSSR count). The molecule has 0 saturated carbocycles. The summed E-state index contributed by atoms with van der Waals surface area (Å²) in [5.74, 6) is 0. The molecule has 24 heavy (non-hydrogen) atoms. The predicted molar refractivity (Wildman–Crippen MR) is 71.5 cm³/mol. The van der Waals surface area contributed by atoms with Crippen LogP contribution in [-0.2, 0) is 56.8 Å². The Kier molecular flexibility index (Phi) is 118. The van der Waals surface area contributed by atoms with Crippen LogP contribution in [0.15, 0.2) is 0 Å². The molecular weight excluding hydrogens is 503 g/mol. The summed E-state index contributed by atoms with van der Waals surface area (Å²) in [6.45, 7) is 0. The summed E-state index contributed by atoms with van der Waals surface area (Å²) in [6.07, 6.45) is 0. The fraction of sp³-hybridized carbons (Fsp3) is 0. The largest absolute Gasteiger partial charge is 3.00 e. The summed E-state index contributed by atoms with van der Waals surface area (Å²) in [4.78, 5) is 0. The van der Waals surface area contributed by atoms with Crippen LogP contribution in [0.4, 0.5) is 0 Å². The summed E-state index contributed by atoms with van der Waals surface area (Å²) >= 11 is -15.6. The van der Waals surface area contributed by atoms with Crippen LogP contribution in [0.2, 0.25) is 0 Å². The fourth-order valence-corrected chi connectivity index (χ4v) is 0. The molecule has 0 aromatic rings. The Morgan fingerprint density at radius 3 is 0.333 bits per heavy atom. The van der Waals surface area contributed by atoms with Crippen molar-refractivity contribution in [2.24, 2.45) is 0 Å². The third-order valence-electron chi connectivity index (χ3n) is 0. The van der Waals surface area contributed by atoms with Crippen LogP contribution in [0.1, 0.15) is 0 Å². The van der Waals surface area contributed by atoms with Gasteiger partial charge < -0.3 is 45.5 Å². The van der Waals surface area contributed by atoms with Crippen molar-refractivity contribution in [1.29, 1.82) is 0 Å². The first-order chi connectivity index (χ1) is 8.66.